The molecule has 0 aliphatic rings. The molecule has 1 aromatic carbocycles. The number of benzene rings is 1. The summed E-state index contributed by atoms with van der Waals surface area (Å²) < 4.78 is 34.2. The number of hydrazone groups is 1. The van der Waals surface area contributed by atoms with Gasteiger partial charge in [-0.15, -0.1) is 0 Å². The lowest BCUT2D eigenvalue weighted by Crippen LogP contribution is -2.27. The van der Waals surface area contributed by atoms with Gasteiger partial charge < -0.3 is 9.47 Å². The van der Waals surface area contributed by atoms with Crippen LogP contribution in [-0.2, 0) is 19.1 Å². The summed E-state index contributed by atoms with van der Waals surface area (Å²) in [6, 6.07) is 2.85. The summed E-state index contributed by atoms with van der Waals surface area (Å²) >= 11 is 0. The largest absolute Gasteiger partial charge is 0.464 e. The van der Waals surface area contributed by atoms with E-state index in [9.17, 15) is 18.4 Å². The molecule has 0 unspecified atom stereocenters. The molecule has 0 bridgehead atoms. The Kier molecular flexibility index (Phi) is 4.92. The molecule has 0 radical (unpaired) electrons. The number of hydrogen-bond donors (Lipinski definition) is 1. The molecule has 1 aromatic rings. The van der Waals surface area contributed by atoms with E-state index >= 15 is 0 Å². The molecule has 6 nitrogen and oxygen atoms in total. The Morgan fingerprint density at radius 2 is 1.68 bits per heavy atom. The monoisotopic (exact) mass is 272 g/mol. The van der Waals surface area contributed by atoms with Crippen LogP contribution < -0.4 is 5.43 Å². The van der Waals surface area contributed by atoms with Crippen LogP contribution in [0.25, 0.3) is 0 Å². The van der Waals surface area contributed by atoms with Crippen LogP contribution in [0.3, 0.4) is 0 Å². The molecule has 0 atom stereocenters. The molecule has 0 spiro atoms. The topological polar surface area (TPSA) is 77.0 Å². The van der Waals surface area contributed by atoms with Crippen molar-refractivity contribution in [3.8, 4) is 0 Å². The molecule has 1 N–H and O–H groups in total. The highest BCUT2D eigenvalue weighted by atomic mass is 19.2. The van der Waals surface area contributed by atoms with Gasteiger partial charge in [0.2, 0.25) is 0 Å². The first-order chi connectivity index (χ1) is 8.99. The van der Waals surface area contributed by atoms with E-state index in [4.69, 9.17) is 0 Å². The Balaban J connectivity index is 2.94. The first-order valence-corrected chi connectivity index (χ1v) is 4.95. The number of anilines is 1. The number of esters is 2. The Bertz CT molecular complexity index is 513. The Hall–Kier alpha value is -2.51. The molecule has 0 amide bonds. The lowest BCUT2D eigenvalue weighted by atomic mass is 10.3. The number of nitrogens with zero attached hydrogens (tertiary/aromatic N) is 1. The van der Waals surface area contributed by atoms with Crippen LogP contribution in [-0.4, -0.2) is 31.9 Å². The second-order valence-electron chi connectivity index (χ2n) is 3.18. The third kappa shape index (κ3) is 3.73. The number of carbonyl (C=O) groups excluding carboxylic acids is 2. The molecule has 1 rings (SSSR count). The van der Waals surface area contributed by atoms with E-state index in [1.165, 1.54) is 6.07 Å². The number of ether oxygens (including phenoxy) is 2. The van der Waals surface area contributed by atoms with Gasteiger partial charge in [0, 0.05) is 6.07 Å². The molecular formula is C11H10F2N2O4. The number of hydrogen-bond acceptors (Lipinski definition) is 6. The summed E-state index contributed by atoms with van der Waals surface area (Å²) in [7, 11) is 2.11. The smallest absolute Gasteiger partial charge is 0.366 e. The van der Waals surface area contributed by atoms with E-state index in [0.29, 0.717) is 0 Å². The van der Waals surface area contributed by atoms with Gasteiger partial charge in [0.15, 0.2) is 11.6 Å². The maximum absolute atomic E-state index is 12.9. The number of rotatable bonds is 4. The number of halogens is 2. The zero-order valence-corrected chi connectivity index (χ0v) is 10.1. The highest BCUT2D eigenvalue weighted by Crippen LogP contribution is 2.13. The lowest BCUT2D eigenvalue weighted by molar-refractivity contribution is -0.138. The number of carbonyl (C=O) groups is 2. The molecule has 19 heavy (non-hydrogen) atoms. The summed E-state index contributed by atoms with van der Waals surface area (Å²) in [5.74, 6) is -4.18. The van der Waals surface area contributed by atoms with Crippen molar-refractivity contribution < 1.29 is 27.8 Å². The van der Waals surface area contributed by atoms with Crippen LogP contribution in [0.15, 0.2) is 23.3 Å². The summed E-state index contributed by atoms with van der Waals surface area (Å²) in [5, 5.41) is 3.43. The van der Waals surface area contributed by atoms with E-state index < -0.39 is 29.3 Å². The minimum absolute atomic E-state index is 0.0456. The highest BCUT2D eigenvalue weighted by Gasteiger charge is 2.22. The maximum atomic E-state index is 12.9. The average molecular weight is 272 g/mol. The minimum atomic E-state index is -1.10. The van der Waals surface area contributed by atoms with Crippen LogP contribution in [0, 0.1) is 11.6 Å². The van der Waals surface area contributed by atoms with Crippen molar-refractivity contribution >= 4 is 23.3 Å². The first-order valence-electron chi connectivity index (χ1n) is 4.95. The van der Waals surface area contributed by atoms with Crippen molar-refractivity contribution in [1.82, 2.24) is 0 Å². The fourth-order valence-electron chi connectivity index (χ4n) is 1.05. The first kappa shape index (κ1) is 14.6. The van der Waals surface area contributed by atoms with Gasteiger partial charge in [-0.25, -0.2) is 18.4 Å². The zero-order chi connectivity index (χ0) is 14.4. The van der Waals surface area contributed by atoms with Gasteiger partial charge in [-0.2, -0.15) is 5.10 Å². The number of methoxy groups -OCH3 is 2. The van der Waals surface area contributed by atoms with Crippen molar-refractivity contribution in [3.63, 3.8) is 0 Å². The van der Waals surface area contributed by atoms with E-state index in [2.05, 4.69) is 20.0 Å². The number of nitrogens with one attached hydrogen (secondary N) is 1. The summed E-state index contributed by atoms with van der Waals surface area (Å²) in [5.41, 5.74) is 1.61. The predicted octanol–water partition coefficient (Wildman–Crippen LogP) is 1.08. The van der Waals surface area contributed by atoms with Crippen LogP contribution >= 0.6 is 0 Å². The summed E-state index contributed by atoms with van der Waals surface area (Å²) in [6.45, 7) is 0. The fraction of sp³-hybridized carbons (Fsp3) is 0.182. The van der Waals surface area contributed by atoms with Crippen LogP contribution in [0.4, 0.5) is 14.5 Å². The normalized spacial score (nSPS) is 9.47. The molecule has 102 valence electrons. The molecule has 0 saturated carbocycles. The van der Waals surface area contributed by atoms with Gasteiger partial charge in [0.25, 0.3) is 5.71 Å². The van der Waals surface area contributed by atoms with Crippen molar-refractivity contribution in [2.45, 2.75) is 0 Å². The predicted molar refractivity (Wildman–Crippen MR) is 61.4 cm³/mol. The molecule has 8 heteroatoms. The van der Waals surface area contributed by atoms with Crippen molar-refractivity contribution in [2.24, 2.45) is 5.10 Å². The standard InChI is InChI=1S/C11H10F2N2O4/c1-18-10(16)9(11(17)19-2)15-14-6-3-4-7(12)8(13)5-6/h3-5,14H,1-2H3. The second-order valence-corrected chi connectivity index (χ2v) is 3.18. The Morgan fingerprint density at radius 1 is 1.11 bits per heavy atom. The molecule has 0 aromatic heterocycles. The molecule has 0 fully saturated rings. The second kappa shape index (κ2) is 6.43. The van der Waals surface area contributed by atoms with Gasteiger partial charge in [-0.1, -0.05) is 0 Å². The SMILES string of the molecule is COC(=O)C(=NNc1ccc(F)c(F)c1)C(=O)OC. The fourth-order valence-corrected chi connectivity index (χ4v) is 1.05. The molecule has 0 heterocycles. The van der Waals surface area contributed by atoms with E-state index in [-0.39, 0.29) is 5.69 Å². The zero-order valence-electron chi connectivity index (χ0n) is 10.1. The van der Waals surface area contributed by atoms with E-state index in [1.54, 1.807) is 0 Å². The van der Waals surface area contributed by atoms with Crippen LogP contribution in [0.1, 0.15) is 0 Å². The highest BCUT2D eigenvalue weighted by molar-refractivity contribution is 6.62. The Labute approximate surface area is 107 Å². The van der Waals surface area contributed by atoms with Crippen molar-refractivity contribution in [1.29, 1.82) is 0 Å². The Morgan fingerprint density at radius 3 is 2.16 bits per heavy atom. The minimum Gasteiger partial charge on any atom is -0.464 e. The summed E-state index contributed by atoms with van der Waals surface area (Å²) in [4.78, 5) is 22.5. The lowest BCUT2D eigenvalue weighted by Gasteiger charge is -2.04. The van der Waals surface area contributed by atoms with Gasteiger partial charge in [-0.3, -0.25) is 5.43 Å². The van der Waals surface area contributed by atoms with Crippen LogP contribution in [0.2, 0.25) is 0 Å². The van der Waals surface area contributed by atoms with E-state index in [0.717, 1.165) is 26.4 Å². The quantitative estimate of drug-likeness (QED) is 0.384. The van der Waals surface area contributed by atoms with Gasteiger partial charge in [-0.05, 0) is 12.1 Å². The maximum Gasteiger partial charge on any atom is 0.366 e. The van der Waals surface area contributed by atoms with E-state index in [1.807, 2.05) is 0 Å². The van der Waals surface area contributed by atoms with Crippen LogP contribution in [0.5, 0.6) is 0 Å². The van der Waals surface area contributed by atoms with Gasteiger partial charge in [0.1, 0.15) is 0 Å². The molecule has 0 aliphatic heterocycles. The van der Waals surface area contributed by atoms with Crippen molar-refractivity contribution in [3.05, 3.63) is 29.8 Å². The molecule has 0 aliphatic carbocycles. The van der Waals surface area contributed by atoms with Gasteiger partial charge >= 0.3 is 11.9 Å². The van der Waals surface area contributed by atoms with Gasteiger partial charge in [0.05, 0.1) is 19.9 Å². The summed E-state index contributed by atoms with van der Waals surface area (Å²) in [6.07, 6.45) is 0. The molecule has 0 saturated heterocycles. The third-order valence-electron chi connectivity index (χ3n) is 1.97. The molecular weight excluding hydrogens is 262 g/mol. The average Bonchev–Trinajstić information content (AvgIpc) is 2.42. The van der Waals surface area contributed by atoms with Crippen molar-refractivity contribution in [2.75, 3.05) is 19.6 Å². The third-order valence-corrected chi connectivity index (χ3v) is 1.97.